The molecular weight excluding hydrogens is 188 g/mol. The maximum absolute atomic E-state index is 11.3. The molecule has 0 spiro atoms. The average Bonchev–Trinajstić information content (AvgIpc) is 2.15. The van der Waals surface area contributed by atoms with E-state index < -0.39 is 0 Å². The minimum absolute atomic E-state index is 0.172. The molecule has 0 radical (unpaired) electrons. The molecule has 1 amide bonds. The molecule has 13 heavy (non-hydrogen) atoms. The van der Waals surface area contributed by atoms with E-state index in [1.54, 1.807) is 12.1 Å². The summed E-state index contributed by atoms with van der Waals surface area (Å²) in [4.78, 5) is 15.1. The van der Waals surface area contributed by atoms with E-state index in [0.717, 1.165) is 0 Å². The number of pyridine rings is 1. The van der Waals surface area contributed by atoms with Crippen molar-refractivity contribution in [3.63, 3.8) is 0 Å². The Balaban J connectivity index is 2.78. The number of carbonyl (C=O) groups is 1. The lowest BCUT2D eigenvalue weighted by Gasteiger charge is -2.01. The van der Waals surface area contributed by atoms with Crippen LogP contribution in [0.3, 0.4) is 0 Å². The van der Waals surface area contributed by atoms with E-state index in [-0.39, 0.29) is 18.1 Å². The number of halogens is 1. The molecule has 0 aliphatic heterocycles. The first-order valence-corrected chi connectivity index (χ1v) is 3.95. The summed E-state index contributed by atoms with van der Waals surface area (Å²) in [7, 11) is 0. The fraction of sp³-hybridized carbons (Fsp3) is 0.111. The van der Waals surface area contributed by atoms with Crippen molar-refractivity contribution in [2.45, 2.75) is 0 Å². The van der Waals surface area contributed by atoms with Gasteiger partial charge in [0.25, 0.3) is 5.91 Å². The summed E-state index contributed by atoms with van der Waals surface area (Å²) in [5, 5.41) is 2.78. The van der Waals surface area contributed by atoms with E-state index in [1.807, 2.05) is 0 Å². The van der Waals surface area contributed by atoms with Gasteiger partial charge in [-0.15, -0.1) is 6.42 Å². The van der Waals surface area contributed by atoms with Crippen LogP contribution in [0.5, 0.6) is 0 Å². The van der Waals surface area contributed by atoms with Crippen LogP contribution >= 0.6 is 11.6 Å². The number of hydrogen-bond donors (Lipinski definition) is 1. The zero-order valence-corrected chi connectivity index (χ0v) is 7.51. The molecular formula is C9H7ClN2O. The normalized spacial score (nSPS) is 8.92. The topological polar surface area (TPSA) is 42.0 Å². The van der Waals surface area contributed by atoms with Crippen molar-refractivity contribution < 1.29 is 4.79 Å². The molecule has 0 atom stereocenters. The van der Waals surface area contributed by atoms with Crippen LogP contribution < -0.4 is 5.32 Å². The lowest BCUT2D eigenvalue weighted by atomic mass is 10.3. The number of nitrogens with one attached hydrogen (secondary N) is 1. The Morgan fingerprint density at radius 3 is 3.15 bits per heavy atom. The predicted molar refractivity (Wildman–Crippen MR) is 50.4 cm³/mol. The van der Waals surface area contributed by atoms with Gasteiger partial charge in [-0.1, -0.05) is 17.5 Å². The zero-order chi connectivity index (χ0) is 9.68. The summed E-state index contributed by atoms with van der Waals surface area (Å²) in [6.45, 7) is 0.172. The Bertz CT molecular complexity index is 357. The molecule has 0 unspecified atom stereocenters. The summed E-state index contributed by atoms with van der Waals surface area (Å²) >= 11 is 5.72. The fourth-order valence-corrected chi connectivity index (χ4v) is 0.975. The fourth-order valence-electron chi connectivity index (χ4n) is 0.768. The molecule has 1 aromatic rings. The average molecular weight is 195 g/mol. The smallest absolute Gasteiger partial charge is 0.272 e. The van der Waals surface area contributed by atoms with E-state index in [2.05, 4.69) is 16.2 Å². The minimum Gasteiger partial charge on any atom is -0.340 e. The van der Waals surface area contributed by atoms with Crippen molar-refractivity contribution in [3.05, 3.63) is 29.0 Å². The van der Waals surface area contributed by atoms with Gasteiger partial charge in [-0.2, -0.15) is 0 Å². The summed E-state index contributed by atoms with van der Waals surface area (Å²) in [5.41, 5.74) is 0.194. The Morgan fingerprint density at radius 2 is 2.54 bits per heavy atom. The number of rotatable bonds is 2. The first kappa shape index (κ1) is 9.56. The van der Waals surface area contributed by atoms with Crippen molar-refractivity contribution in [2.24, 2.45) is 0 Å². The highest BCUT2D eigenvalue weighted by Gasteiger charge is 2.09. The van der Waals surface area contributed by atoms with Gasteiger partial charge in [0.15, 0.2) is 0 Å². The Kier molecular flexibility index (Phi) is 3.30. The number of hydrogen-bond acceptors (Lipinski definition) is 2. The van der Waals surface area contributed by atoms with Crippen LogP contribution in [-0.2, 0) is 0 Å². The molecule has 1 aromatic heterocycles. The van der Waals surface area contributed by atoms with Gasteiger partial charge in [0.05, 0.1) is 11.6 Å². The van der Waals surface area contributed by atoms with E-state index in [9.17, 15) is 4.79 Å². The second kappa shape index (κ2) is 4.48. The third-order valence-electron chi connectivity index (χ3n) is 1.32. The zero-order valence-electron chi connectivity index (χ0n) is 6.75. The molecule has 1 rings (SSSR count). The number of nitrogens with zero attached hydrogens (tertiary/aromatic N) is 1. The van der Waals surface area contributed by atoms with Crippen LogP contribution in [0.25, 0.3) is 0 Å². The van der Waals surface area contributed by atoms with E-state index in [1.165, 1.54) is 6.20 Å². The third-order valence-corrected chi connectivity index (χ3v) is 1.63. The molecule has 1 heterocycles. The number of carbonyl (C=O) groups excluding carboxylic acids is 1. The Labute approximate surface area is 81.1 Å². The van der Waals surface area contributed by atoms with Crippen molar-refractivity contribution in [1.29, 1.82) is 0 Å². The highest BCUT2D eigenvalue weighted by molar-refractivity contribution is 6.33. The molecule has 3 nitrogen and oxygen atoms in total. The summed E-state index contributed by atoms with van der Waals surface area (Å²) < 4.78 is 0. The number of terminal acetylenes is 1. The van der Waals surface area contributed by atoms with Gasteiger partial charge in [0.1, 0.15) is 5.69 Å². The van der Waals surface area contributed by atoms with Crippen molar-refractivity contribution in [2.75, 3.05) is 6.54 Å². The van der Waals surface area contributed by atoms with Gasteiger partial charge in [0.2, 0.25) is 0 Å². The van der Waals surface area contributed by atoms with Crippen LogP contribution in [0.1, 0.15) is 10.5 Å². The molecule has 0 saturated carbocycles. The van der Waals surface area contributed by atoms with Crippen LogP contribution in [0.2, 0.25) is 5.02 Å². The predicted octanol–water partition coefficient (Wildman–Crippen LogP) is 1.10. The van der Waals surface area contributed by atoms with Crippen LogP contribution in [0.4, 0.5) is 0 Å². The molecule has 0 bridgehead atoms. The maximum atomic E-state index is 11.3. The van der Waals surface area contributed by atoms with Gasteiger partial charge in [-0.05, 0) is 12.1 Å². The van der Waals surface area contributed by atoms with E-state index in [4.69, 9.17) is 18.0 Å². The molecule has 4 heteroatoms. The largest absolute Gasteiger partial charge is 0.340 e. The summed E-state index contributed by atoms with van der Waals surface area (Å²) in [5.74, 6) is 1.93. The maximum Gasteiger partial charge on any atom is 0.272 e. The Morgan fingerprint density at radius 1 is 1.77 bits per heavy atom. The summed E-state index contributed by atoms with van der Waals surface area (Å²) in [6.07, 6.45) is 6.47. The quantitative estimate of drug-likeness (QED) is 0.717. The van der Waals surface area contributed by atoms with E-state index >= 15 is 0 Å². The highest BCUT2D eigenvalue weighted by Crippen LogP contribution is 2.11. The highest BCUT2D eigenvalue weighted by atomic mass is 35.5. The lowest BCUT2D eigenvalue weighted by Crippen LogP contribution is -2.24. The van der Waals surface area contributed by atoms with E-state index in [0.29, 0.717) is 5.02 Å². The van der Waals surface area contributed by atoms with Gasteiger partial charge in [0, 0.05) is 6.20 Å². The van der Waals surface area contributed by atoms with Crippen molar-refractivity contribution in [3.8, 4) is 12.3 Å². The van der Waals surface area contributed by atoms with Gasteiger partial charge >= 0.3 is 0 Å². The second-order valence-corrected chi connectivity index (χ2v) is 2.63. The molecule has 0 saturated heterocycles. The first-order valence-electron chi connectivity index (χ1n) is 3.58. The van der Waals surface area contributed by atoms with Crippen LogP contribution in [0.15, 0.2) is 18.3 Å². The first-order chi connectivity index (χ1) is 6.25. The number of aromatic nitrogens is 1. The molecule has 66 valence electrons. The Hall–Kier alpha value is -1.53. The minimum atomic E-state index is -0.358. The second-order valence-electron chi connectivity index (χ2n) is 2.22. The van der Waals surface area contributed by atoms with Gasteiger partial charge in [-0.3, -0.25) is 4.79 Å². The third kappa shape index (κ3) is 2.46. The molecule has 1 N–H and O–H groups in total. The lowest BCUT2D eigenvalue weighted by molar-refractivity contribution is 0.0954. The SMILES string of the molecule is C#CCNC(=O)c1ncccc1Cl. The van der Waals surface area contributed by atoms with Crippen molar-refractivity contribution >= 4 is 17.5 Å². The van der Waals surface area contributed by atoms with Gasteiger partial charge < -0.3 is 5.32 Å². The van der Waals surface area contributed by atoms with Crippen LogP contribution in [0, 0.1) is 12.3 Å². The van der Waals surface area contributed by atoms with Crippen molar-refractivity contribution in [1.82, 2.24) is 10.3 Å². The molecule has 0 aromatic carbocycles. The van der Waals surface area contributed by atoms with Gasteiger partial charge in [-0.25, -0.2) is 4.98 Å². The standard InChI is InChI=1S/C9H7ClN2O/c1-2-5-12-9(13)8-7(10)4-3-6-11-8/h1,3-4,6H,5H2,(H,12,13). The molecule has 0 aliphatic carbocycles. The van der Waals surface area contributed by atoms with Crippen LogP contribution in [-0.4, -0.2) is 17.4 Å². The molecule has 0 aliphatic rings. The monoisotopic (exact) mass is 194 g/mol. The molecule has 0 fully saturated rings. The number of amides is 1. The summed E-state index contributed by atoms with van der Waals surface area (Å²) in [6, 6.07) is 3.25.